The minimum atomic E-state index is -4.83. The summed E-state index contributed by atoms with van der Waals surface area (Å²) in [6, 6.07) is 44.3. The predicted octanol–water partition coefficient (Wildman–Crippen LogP) is 12.7. The van der Waals surface area contributed by atoms with Crippen LogP contribution in [0.5, 0.6) is 23.0 Å². The van der Waals surface area contributed by atoms with Gasteiger partial charge >= 0.3 is 7.82 Å². The first-order valence-corrected chi connectivity index (χ1v) is 19.4. The van der Waals surface area contributed by atoms with Gasteiger partial charge in [-0.05, 0) is 95.1 Å². The van der Waals surface area contributed by atoms with Crippen LogP contribution < -0.4 is 18.5 Å². The molecule has 1 heterocycles. The zero-order chi connectivity index (χ0) is 36.4. The van der Waals surface area contributed by atoms with Crippen LogP contribution in [0.4, 0.5) is 0 Å². The minimum Gasteiger partial charge on any atom is -0.490 e. The summed E-state index contributed by atoms with van der Waals surface area (Å²) in [6.07, 6.45) is -0.261. The van der Waals surface area contributed by atoms with Gasteiger partial charge in [0.2, 0.25) is 0 Å². The molecule has 0 saturated heterocycles. The zero-order valence-electron chi connectivity index (χ0n) is 29.8. The fourth-order valence-corrected chi connectivity index (χ4v) is 8.59. The molecule has 0 radical (unpaired) electrons. The van der Waals surface area contributed by atoms with Crippen LogP contribution in [0.3, 0.4) is 0 Å². The van der Waals surface area contributed by atoms with Gasteiger partial charge in [-0.1, -0.05) is 109 Å². The molecule has 0 saturated carbocycles. The molecule has 1 N–H and O–H groups in total. The molecule has 262 valence electrons. The van der Waals surface area contributed by atoms with Gasteiger partial charge in [-0.15, -0.1) is 0 Å². The molecule has 0 aliphatic carbocycles. The quantitative estimate of drug-likeness (QED) is 0.173. The van der Waals surface area contributed by atoms with Crippen LogP contribution >= 0.6 is 7.82 Å². The molecule has 0 bridgehead atoms. The smallest absolute Gasteiger partial charge is 0.490 e. The van der Waals surface area contributed by atoms with E-state index in [2.05, 4.69) is 24.3 Å². The Bertz CT molecular complexity index is 2620. The van der Waals surface area contributed by atoms with Crippen LogP contribution in [0.2, 0.25) is 0 Å². The van der Waals surface area contributed by atoms with Crippen molar-refractivity contribution in [1.29, 1.82) is 0 Å². The van der Waals surface area contributed by atoms with Gasteiger partial charge in [0.1, 0.15) is 23.0 Å². The maximum absolute atomic E-state index is 14.5. The Morgan fingerprint density at radius 2 is 0.811 bits per heavy atom. The second-order valence-corrected chi connectivity index (χ2v) is 15.3. The van der Waals surface area contributed by atoms with Crippen LogP contribution in [-0.4, -0.2) is 17.1 Å². The lowest BCUT2D eigenvalue weighted by atomic mass is 9.85. The van der Waals surface area contributed by atoms with Crippen molar-refractivity contribution >= 4 is 50.9 Å². The normalized spacial score (nSPS) is 13.5. The standard InChI is InChI=1S/C46H37O6P/c1-27(2)49-39-23-21-29-13-5-9-17-33(29)41(39)43-35-19-11-7-15-31(35)25-37-38-26-32-16-8-12-20-36(32)44(46(38)52-53(47,48)51-45(37)43)42-34-18-10-6-14-30(34)22-24-40(42)50-28(3)4/h5-28H,1-4H3,(H,47,48). The summed E-state index contributed by atoms with van der Waals surface area (Å²) >= 11 is 0. The molecule has 8 aromatic carbocycles. The Hall–Kier alpha value is -5.81. The Morgan fingerprint density at radius 3 is 1.19 bits per heavy atom. The lowest BCUT2D eigenvalue weighted by Crippen LogP contribution is -2.07. The number of benzene rings is 8. The van der Waals surface area contributed by atoms with E-state index in [9.17, 15) is 9.46 Å². The Labute approximate surface area is 307 Å². The van der Waals surface area contributed by atoms with E-state index in [1.54, 1.807) is 0 Å². The van der Waals surface area contributed by atoms with E-state index in [0.29, 0.717) is 33.8 Å². The van der Waals surface area contributed by atoms with Crippen molar-refractivity contribution in [3.8, 4) is 56.4 Å². The second kappa shape index (κ2) is 12.7. The van der Waals surface area contributed by atoms with E-state index in [1.807, 2.05) is 137 Å². The average molecular weight is 717 g/mol. The van der Waals surface area contributed by atoms with Crippen LogP contribution in [-0.2, 0) is 4.57 Å². The van der Waals surface area contributed by atoms with Crippen LogP contribution in [0.25, 0.3) is 76.5 Å². The molecule has 0 amide bonds. The van der Waals surface area contributed by atoms with Crippen LogP contribution in [0, 0.1) is 0 Å². The Balaban J connectivity index is 1.47. The van der Waals surface area contributed by atoms with Gasteiger partial charge in [0.05, 0.1) is 12.2 Å². The summed E-state index contributed by atoms with van der Waals surface area (Å²) in [7, 11) is -4.83. The molecule has 0 fully saturated rings. The van der Waals surface area contributed by atoms with Gasteiger partial charge in [0.15, 0.2) is 0 Å². The van der Waals surface area contributed by atoms with Crippen molar-refractivity contribution in [2.75, 3.05) is 0 Å². The topological polar surface area (TPSA) is 74.2 Å². The van der Waals surface area contributed by atoms with Gasteiger partial charge < -0.3 is 18.5 Å². The summed E-state index contributed by atoms with van der Waals surface area (Å²) in [5, 5.41) is 7.41. The van der Waals surface area contributed by atoms with Crippen LogP contribution in [0.15, 0.2) is 133 Å². The van der Waals surface area contributed by atoms with Gasteiger partial charge in [-0.3, -0.25) is 4.89 Å². The highest BCUT2D eigenvalue weighted by molar-refractivity contribution is 7.48. The molecule has 9 rings (SSSR count). The Morgan fingerprint density at radius 1 is 0.472 bits per heavy atom. The third-order valence-corrected chi connectivity index (χ3v) is 10.5. The summed E-state index contributed by atoms with van der Waals surface area (Å²) < 4.78 is 40.2. The minimum absolute atomic E-state index is 0.130. The number of hydrogen-bond acceptors (Lipinski definition) is 5. The first-order valence-electron chi connectivity index (χ1n) is 17.9. The van der Waals surface area contributed by atoms with E-state index in [1.165, 1.54) is 0 Å². The number of phosphoric ester groups is 1. The van der Waals surface area contributed by atoms with E-state index in [0.717, 1.165) is 54.2 Å². The monoisotopic (exact) mass is 716 g/mol. The molecular weight excluding hydrogens is 679 g/mol. The first kappa shape index (κ1) is 33.1. The number of hydrogen-bond donors (Lipinski definition) is 1. The van der Waals surface area contributed by atoms with Gasteiger partial charge in [0.25, 0.3) is 0 Å². The largest absolute Gasteiger partial charge is 0.584 e. The Kier molecular flexibility index (Phi) is 7.92. The summed E-state index contributed by atoms with van der Waals surface area (Å²) in [4.78, 5) is 11.8. The van der Waals surface area contributed by atoms with E-state index in [4.69, 9.17) is 18.5 Å². The lowest BCUT2D eigenvalue weighted by Gasteiger charge is -2.22. The lowest BCUT2D eigenvalue weighted by molar-refractivity contribution is 0.243. The molecule has 6 nitrogen and oxygen atoms in total. The molecule has 0 spiro atoms. The van der Waals surface area contributed by atoms with Crippen molar-refractivity contribution in [3.05, 3.63) is 133 Å². The highest BCUT2D eigenvalue weighted by atomic mass is 31.2. The maximum atomic E-state index is 14.5. The molecular formula is C46H37O6P. The van der Waals surface area contributed by atoms with Crippen molar-refractivity contribution < 1.29 is 28.0 Å². The summed E-state index contributed by atoms with van der Waals surface area (Å²) in [6.45, 7) is 7.95. The van der Waals surface area contributed by atoms with Crippen molar-refractivity contribution in [1.82, 2.24) is 0 Å². The fourth-order valence-electron chi connectivity index (χ4n) is 7.72. The maximum Gasteiger partial charge on any atom is 0.584 e. The molecule has 53 heavy (non-hydrogen) atoms. The molecule has 1 aliphatic rings. The average Bonchev–Trinajstić information content (AvgIpc) is 3.25. The molecule has 7 heteroatoms. The fraction of sp³-hybridized carbons (Fsp3) is 0.130. The predicted molar refractivity (Wildman–Crippen MR) is 215 cm³/mol. The first-order chi connectivity index (χ1) is 25.7. The second-order valence-electron chi connectivity index (χ2n) is 14.0. The molecule has 8 aromatic rings. The van der Waals surface area contributed by atoms with Crippen LogP contribution in [0.1, 0.15) is 27.7 Å². The number of fused-ring (bicyclic) bond motifs is 7. The van der Waals surface area contributed by atoms with Crippen molar-refractivity contribution in [2.24, 2.45) is 0 Å². The highest BCUT2D eigenvalue weighted by Crippen LogP contribution is 2.62. The highest BCUT2D eigenvalue weighted by Gasteiger charge is 2.38. The molecule has 0 unspecified atom stereocenters. The summed E-state index contributed by atoms with van der Waals surface area (Å²) in [5.74, 6) is 1.78. The van der Waals surface area contributed by atoms with Crippen molar-refractivity contribution in [2.45, 2.75) is 39.9 Å². The number of phosphoric acid groups is 1. The van der Waals surface area contributed by atoms with Gasteiger partial charge in [0, 0.05) is 33.4 Å². The molecule has 0 aromatic heterocycles. The van der Waals surface area contributed by atoms with E-state index < -0.39 is 7.82 Å². The van der Waals surface area contributed by atoms with Gasteiger partial charge in [-0.25, -0.2) is 4.57 Å². The van der Waals surface area contributed by atoms with Gasteiger partial charge in [-0.2, -0.15) is 0 Å². The third kappa shape index (κ3) is 5.66. The number of ether oxygens (including phenoxy) is 2. The SMILES string of the molecule is CC(C)Oc1ccc2ccccc2c1-c1c2c(cc3ccccc13)-c1cc3ccccc3c(-c3c(OC(C)C)ccc4ccccc34)c1OP(=O)(O)O2. The van der Waals surface area contributed by atoms with E-state index in [-0.39, 0.29) is 23.7 Å². The van der Waals surface area contributed by atoms with Crippen molar-refractivity contribution in [3.63, 3.8) is 0 Å². The number of rotatable bonds is 6. The summed E-state index contributed by atoms with van der Waals surface area (Å²) in [5.41, 5.74) is 4.11. The zero-order valence-corrected chi connectivity index (χ0v) is 30.7. The molecule has 0 atom stereocenters. The van der Waals surface area contributed by atoms with E-state index >= 15 is 0 Å². The third-order valence-electron chi connectivity index (χ3n) is 9.71. The molecule has 1 aliphatic heterocycles.